The summed E-state index contributed by atoms with van der Waals surface area (Å²) in [6, 6.07) is 0. The van der Waals surface area contributed by atoms with Crippen LogP contribution in [0.15, 0.2) is 0 Å². The highest BCUT2D eigenvalue weighted by Crippen LogP contribution is 2.02. The molecule has 0 aliphatic rings. The summed E-state index contributed by atoms with van der Waals surface area (Å²) >= 11 is 0. The Kier molecular flexibility index (Phi) is 6.51. The van der Waals surface area contributed by atoms with Crippen molar-refractivity contribution in [3.05, 3.63) is 0 Å². The largest absolute Gasteiger partial charge is 0.355 e. The molecule has 0 rings (SSSR count). The van der Waals surface area contributed by atoms with Crippen molar-refractivity contribution in [2.24, 2.45) is 0 Å². The lowest BCUT2D eigenvalue weighted by atomic mass is 10.5. The van der Waals surface area contributed by atoms with Gasteiger partial charge in [-0.25, -0.2) is 8.42 Å². The van der Waals surface area contributed by atoms with Gasteiger partial charge in [0.1, 0.15) is 0 Å². The van der Waals surface area contributed by atoms with Crippen molar-refractivity contribution in [2.75, 3.05) is 25.4 Å². The van der Waals surface area contributed by atoms with Gasteiger partial charge in [-0.1, -0.05) is 13.8 Å². The van der Waals surface area contributed by atoms with Crippen molar-refractivity contribution in [2.45, 2.75) is 27.2 Å². The fourth-order valence-corrected chi connectivity index (χ4v) is 2.69. The smallest absolute Gasteiger partial charge is 0.235 e. The average molecular weight is 236 g/mol. The Morgan fingerprint density at radius 3 is 2.27 bits per heavy atom. The molecule has 6 heteroatoms. The summed E-state index contributed by atoms with van der Waals surface area (Å²) in [6.07, 6.45) is 0.564. The SMILES string of the molecule is CCCS(=O)(=O)N(CC)CC(=O)NCC. The van der Waals surface area contributed by atoms with Gasteiger partial charge in [0, 0.05) is 13.1 Å². The first-order valence-corrected chi connectivity index (χ1v) is 6.83. The van der Waals surface area contributed by atoms with E-state index in [1.165, 1.54) is 4.31 Å². The molecule has 0 unspecified atom stereocenters. The molecule has 0 atom stereocenters. The van der Waals surface area contributed by atoms with E-state index in [-0.39, 0.29) is 18.2 Å². The zero-order chi connectivity index (χ0) is 11.9. The molecule has 0 saturated heterocycles. The van der Waals surface area contributed by atoms with Crippen molar-refractivity contribution >= 4 is 15.9 Å². The van der Waals surface area contributed by atoms with E-state index in [1.54, 1.807) is 20.8 Å². The van der Waals surface area contributed by atoms with Gasteiger partial charge in [0.2, 0.25) is 15.9 Å². The van der Waals surface area contributed by atoms with Crippen molar-refractivity contribution < 1.29 is 13.2 Å². The second-order valence-corrected chi connectivity index (χ2v) is 5.28. The van der Waals surface area contributed by atoms with E-state index in [0.29, 0.717) is 19.5 Å². The number of likely N-dealkylation sites (N-methyl/N-ethyl adjacent to an activating group) is 2. The third kappa shape index (κ3) is 5.13. The average Bonchev–Trinajstić information content (AvgIpc) is 2.14. The van der Waals surface area contributed by atoms with E-state index in [1.807, 2.05) is 0 Å². The Hall–Kier alpha value is -0.620. The number of carbonyl (C=O) groups excluding carboxylic acids is 1. The van der Waals surface area contributed by atoms with Crippen molar-refractivity contribution in [1.82, 2.24) is 9.62 Å². The van der Waals surface area contributed by atoms with E-state index in [0.717, 1.165) is 0 Å². The fraction of sp³-hybridized carbons (Fsp3) is 0.889. The van der Waals surface area contributed by atoms with Crippen LogP contribution in [0.3, 0.4) is 0 Å². The molecule has 0 aromatic rings. The molecule has 0 aliphatic carbocycles. The van der Waals surface area contributed by atoms with Gasteiger partial charge in [0.25, 0.3) is 0 Å². The van der Waals surface area contributed by atoms with Crippen LogP contribution in [0.25, 0.3) is 0 Å². The van der Waals surface area contributed by atoms with E-state index in [9.17, 15) is 13.2 Å². The minimum Gasteiger partial charge on any atom is -0.355 e. The molecule has 0 saturated carbocycles. The summed E-state index contributed by atoms with van der Waals surface area (Å²) in [4.78, 5) is 11.2. The van der Waals surface area contributed by atoms with Crippen LogP contribution in [0.2, 0.25) is 0 Å². The molecule has 90 valence electrons. The van der Waals surface area contributed by atoms with Gasteiger partial charge in [-0.2, -0.15) is 4.31 Å². The Bertz CT molecular complexity index is 288. The first-order chi connectivity index (χ1) is 6.97. The maximum Gasteiger partial charge on any atom is 0.235 e. The normalized spacial score (nSPS) is 11.7. The third-order valence-electron chi connectivity index (χ3n) is 1.90. The maximum absolute atomic E-state index is 11.6. The van der Waals surface area contributed by atoms with Gasteiger partial charge < -0.3 is 5.32 Å². The van der Waals surface area contributed by atoms with Crippen LogP contribution in [-0.4, -0.2) is 44.0 Å². The van der Waals surface area contributed by atoms with E-state index >= 15 is 0 Å². The van der Waals surface area contributed by atoms with E-state index in [2.05, 4.69) is 5.32 Å². The summed E-state index contributed by atoms with van der Waals surface area (Å²) in [6.45, 7) is 6.11. The minimum absolute atomic E-state index is 0.0767. The first-order valence-electron chi connectivity index (χ1n) is 5.22. The Morgan fingerprint density at radius 2 is 1.87 bits per heavy atom. The summed E-state index contributed by atoms with van der Waals surface area (Å²) in [5, 5.41) is 2.58. The Balaban J connectivity index is 4.43. The number of sulfonamides is 1. The molecule has 0 radical (unpaired) electrons. The lowest BCUT2D eigenvalue weighted by Gasteiger charge is -2.19. The van der Waals surface area contributed by atoms with Gasteiger partial charge >= 0.3 is 0 Å². The van der Waals surface area contributed by atoms with E-state index < -0.39 is 10.0 Å². The quantitative estimate of drug-likeness (QED) is 0.686. The number of carbonyl (C=O) groups is 1. The third-order valence-corrected chi connectivity index (χ3v) is 4.00. The first kappa shape index (κ1) is 14.4. The van der Waals surface area contributed by atoms with Crippen LogP contribution in [0.4, 0.5) is 0 Å². The lowest BCUT2D eigenvalue weighted by molar-refractivity contribution is -0.121. The molecule has 0 bridgehead atoms. The van der Waals surface area contributed by atoms with E-state index in [4.69, 9.17) is 0 Å². The van der Waals surface area contributed by atoms with Crippen molar-refractivity contribution in [3.8, 4) is 0 Å². The zero-order valence-electron chi connectivity index (χ0n) is 9.62. The molecule has 0 aromatic heterocycles. The van der Waals surface area contributed by atoms with Gasteiger partial charge in [-0.05, 0) is 13.3 Å². The predicted molar refractivity (Wildman–Crippen MR) is 60.0 cm³/mol. The number of rotatable bonds is 7. The van der Waals surface area contributed by atoms with Crippen LogP contribution < -0.4 is 5.32 Å². The number of amides is 1. The topological polar surface area (TPSA) is 66.5 Å². The summed E-state index contributed by atoms with van der Waals surface area (Å²) in [5.41, 5.74) is 0. The molecular weight excluding hydrogens is 216 g/mol. The molecule has 0 spiro atoms. The highest BCUT2D eigenvalue weighted by molar-refractivity contribution is 7.89. The molecule has 15 heavy (non-hydrogen) atoms. The second kappa shape index (κ2) is 6.79. The molecule has 1 amide bonds. The molecule has 0 aromatic carbocycles. The monoisotopic (exact) mass is 236 g/mol. The van der Waals surface area contributed by atoms with Gasteiger partial charge in [0.05, 0.1) is 12.3 Å². The number of hydrogen-bond acceptors (Lipinski definition) is 3. The molecule has 0 aliphatic heterocycles. The van der Waals surface area contributed by atoms with Crippen LogP contribution in [-0.2, 0) is 14.8 Å². The summed E-state index contributed by atoms with van der Waals surface area (Å²) < 4.78 is 24.5. The Morgan fingerprint density at radius 1 is 1.27 bits per heavy atom. The summed E-state index contributed by atoms with van der Waals surface area (Å²) in [5.74, 6) is -0.153. The highest BCUT2D eigenvalue weighted by Gasteiger charge is 2.21. The van der Waals surface area contributed by atoms with Crippen LogP contribution in [0.5, 0.6) is 0 Å². The van der Waals surface area contributed by atoms with Gasteiger partial charge in [-0.15, -0.1) is 0 Å². The minimum atomic E-state index is -3.26. The van der Waals surface area contributed by atoms with Gasteiger partial charge in [0.15, 0.2) is 0 Å². The highest BCUT2D eigenvalue weighted by atomic mass is 32.2. The zero-order valence-corrected chi connectivity index (χ0v) is 10.4. The number of nitrogens with one attached hydrogen (secondary N) is 1. The van der Waals surface area contributed by atoms with Crippen molar-refractivity contribution in [3.63, 3.8) is 0 Å². The van der Waals surface area contributed by atoms with Crippen LogP contribution in [0, 0.1) is 0 Å². The number of nitrogens with zero attached hydrogens (tertiary/aromatic N) is 1. The lowest BCUT2D eigenvalue weighted by Crippen LogP contribution is -2.41. The van der Waals surface area contributed by atoms with Crippen LogP contribution >= 0.6 is 0 Å². The van der Waals surface area contributed by atoms with Gasteiger partial charge in [-0.3, -0.25) is 4.79 Å². The molecule has 0 fully saturated rings. The van der Waals surface area contributed by atoms with Crippen molar-refractivity contribution in [1.29, 1.82) is 0 Å². The van der Waals surface area contributed by atoms with Crippen LogP contribution in [0.1, 0.15) is 27.2 Å². The molecule has 0 heterocycles. The standard InChI is InChI=1S/C9H20N2O3S/c1-4-7-15(13,14)11(6-3)8-9(12)10-5-2/h4-8H2,1-3H3,(H,10,12). The second-order valence-electron chi connectivity index (χ2n) is 3.20. The number of hydrogen-bond donors (Lipinski definition) is 1. The fourth-order valence-electron chi connectivity index (χ4n) is 1.21. The molecule has 5 nitrogen and oxygen atoms in total. The Labute approximate surface area is 91.9 Å². The predicted octanol–water partition coefficient (Wildman–Crippen LogP) is 0.184. The summed E-state index contributed by atoms with van der Waals surface area (Å²) in [7, 11) is -3.26. The maximum atomic E-state index is 11.6. The molecule has 1 N–H and O–H groups in total. The molecular formula is C9H20N2O3S.